The summed E-state index contributed by atoms with van der Waals surface area (Å²) in [6.07, 6.45) is 0. The van der Waals surface area contributed by atoms with E-state index in [-0.39, 0.29) is 6.54 Å². The first-order valence-electron chi connectivity index (χ1n) is 5.39. The van der Waals surface area contributed by atoms with Gasteiger partial charge in [-0.15, -0.1) is 0 Å². The standard InChI is InChI=1S/C14H13F2N/c1-10-2-5-13(6-3-10)17-9-11-8-12(15)4-7-14(11)16/h2-8,17H,9H2,1H3. The summed E-state index contributed by atoms with van der Waals surface area (Å²) >= 11 is 0. The van der Waals surface area contributed by atoms with Crippen molar-refractivity contribution >= 4 is 5.69 Å². The van der Waals surface area contributed by atoms with Crippen LogP contribution in [0.3, 0.4) is 0 Å². The molecule has 0 aliphatic rings. The molecule has 2 aromatic rings. The molecule has 0 saturated heterocycles. The molecule has 2 aromatic carbocycles. The Bertz CT molecular complexity index is 506. The van der Waals surface area contributed by atoms with Gasteiger partial charge in [0.05, 0.1) is 0 Å². The maximum absolute atomic E-state index is 13.3. The Labute approximate surface area is 99.1 Å². The van der Waals surface area contributed by atoms with Crippen LogP contribution in [0.4, 0.5) is 14.5 Å². The molecular weight excluding hydrogens is 220 g/mol. The van der Waals surface area contributed by atoms with E-state index in [0.717, 1.165) is 23.4 Å². The van der Waals surface area contributed by atoms with Gasteiger partial charge in [-0.25, -0.2) is 8.78 Å². The van der Waals surface area contributed by atoms with Crippen molar-refractivity contribution in [2.45, 2.75) is 13.5 Å². The van der Waals surface area contributed by atoms with Crippen molar-refractivity contribution in [3.63, 3.8) is 0 Å². The molecule has 0 atom stereocenters. The highest BCUT2D eigenvalue weighted by atomic mass is 19.1. The van der Waals surface area contributed by atoms with Gasteiger partial charge in [-0.05, 0) is 37.3 Å². The zero-order valence-corrected chi connectivity index (χ0v) is 9.50. The van der Waals surface area contributed by atoms with Crippen molar-refractivity contribution in [3.05, 3.63) is 65.2 Å². The SMILES string of the molecule is Cc1ccc(NCc2cc(F)ccc2F)cc1. The lowest BCUT2D eigenvalue weighted by atomic mass is 10.2. The molecule has 0 amide bonds. The molecule has 0 bridgehead atoms. The number of nitrogens with one attached hydrogen (secondary N) is 1. The third kappa shape index (κ3) is 3.03. The second-order valence-corrected chi connectivity index (χ2v) is 3.96. The molecule has 0 heterocycles. The maximum Gasteiger partial charge on any atom is 0.128 e. The van der Waals surface area contributed by atoms with Gasteiger partial charge in [0.25, 0.3) is 0 Å². The van der Waals surface area contributed by atoms with Crippen LogP contribution in [0.15, 0.2) is 42.5 Å². The summed E-state index contributed by atoms with van der Waals surface area (Å²) in [5.41, 5.74) is 2.37. The van der Waals surface area contributed by atoms with E-state index in [1.54, 1.807) is 0 Å². The van der Waals surface area contributed by atoms with Crippen molar-refractivity contribution < 1.29 is 8.78 Å². The van der Waals surface area contributed by atoms with Crippen molar-refractivity contribution in [2.75, 3.05) is 5.32 Å². The fourth-order valence-corrected chi connectivity index (χ4v) is 1.55. The minimum atomic E-state index is -0.424. The normalized spacial score (nSPS) is 10.3. The van der Waals surface area contributed by atoms with E-state index in [1.165, 1.54) is 6.07 Å². The number of hydrogen-bond donors (Lipinski definition) is 1. The Morgan fingerprint density at radius 2 is 1.71 bits per heavy atom. The Morgan fingerprint density at radius 1 is 1.00 bits per heavy atom. The van der Waals surface area contributed by atoms with Crippen LogP contribution in [0.25, 0.3) is 0 Å². The quantitative estimate of drug-likeness (QED) is 0.848. The van der Waals surface area contributed by atoms with Gasteiger partial charge in [0.15, 0.2) is 0 Å². The van der Waals surface area contributed by atoms with Gasteiger partial charge in [-0.3, -0.25) is 0 Å². The Hall–Kier alpha value is -1.90. The molecule has 0 aromatic heterocycles. The van der Waals surface area contributed by atoms with E-state index < -0.39 is 11.6 Å². The molecule has 0 saturated carbocycles. The highest BCUT2D eigenvalue weighted by molar-refractivity contribution is 5.45. The van der Waals surface area contributed by atoms with E-state index in [9.17, 15) is 8.78 Å². The number of aryl methyl sites for hydroxylation is 1. The lowest BCUT2D eigenvalue weighted by Gasteiger charge is -2.07. The fourth-order valence-electron chi connectivity index (χ4n) is 1.55. The third-order valence-electron chi connectivity index (χ3n) is 2.54. The zero-order valence-electron chi connectivity index (χ0n) is 9.50. The molecule has 1 nitrogen and oxygen atoms in total. The molecule has 0 unspecified atom stereocenters. The van der Waals surface area contributed by atoms with Gasteiger partial charge in [-0.2, -0.15) is 0 Å². The van der Waals surface area contributed by atoms with E-state index in [1.807, 2.05) is 31.2 Å². The topological polar surface area (TPSA) is 12.0 Å². The molecule has 0 radical (unpaired) electrons. The van der Waals surface area contributed by atoms with Crippen LogP contribution < -0.4 is 5.32 Å². The van der Waals surface area contributed by atoms with Gasteiger partial charge >= 0.3 is 0 Å². The summed E-state index contributed by atoms with van der Waals surface area (Å²) < 4.78 is 26.3. The first-order chi connectivity index (χ1) is 8.15. The zero-order chi connectivity index (χ0) is 12.3. The van der Waals surface area contributed by atoms with Gasteiger partial charge in [-0.1, -0.05) is 17.7 Å². The van der Waals surface area contributed by atoms with E-state index >= 15 is 0 Å². The third-order valence-corrected chi connectivity index (χ3v) is 2.54. The molecule has 1 N–H and O–H groups in total. The smallest absolute Gasteiger partial charge is 0.128 e. The van der Waals surface area contributed by atoms with Crippen LogP contribution in [-0.2, 0) is 6.54 Å². The lowest BCUT2D eigenvalue weighted by molar-refractivity contribution is 0.587. The van der Waals surface area contributed by atoms with E-state index in [4.69, 9.17) is 0 Å². The predicted octanol–water partition coefficient (Wildman–Crippen LogP) is 3.89. The first-order valence-corrected chi connectivity index (χ1v) is 5.39. The Kier molecular flexibility index (Phi) is 3.38. The Balaban J connectivity index is 2.07. The first kappa shape index (κ1) is 11.6. The second-order valence-electron chi connectivity index (χ2n) is 3.96. The lowest BCUT2D eigenvalue weighted by Crippen LogP contribution is -2.02. The fraction of sp³-hybridized carbons (Fsp3) is 0.143. The van der Waals surface area contributed by atoms with E-state index in [2.05, 4.69) is 5.32 Å². The largest absolute Gasteiger partial charge is 0.381 e. The van der Waals surface area contributed by atoms with Crippen LogP contribution >= 0.6 is 0 Å². The van der Waals surface area contributed by atoms with Crippen molar-refractivity contribution in [1.82, 2.24) is 0 Å². The summed E-state index contributed by atoms with van der Waals surface area (Å²) in [7, 11) is 0. The molecule has 88 valence electrons. The highest BCUT2D eigenvalue weighted by Crippen LogP contribution is 2.13. The summed E-state index contributed by atoms with van der Waals surface area (Å²) in [4.78, 5) is 0. The summed E-state index contributed by atoms with van der Waals surface area (Å²) in [5, 5.41) is 3.05. The van der Waals surface area contributed by atoms with Crippen LogP contribution in [-0.4, -0.2) is 0 Å². The number of rotatable bonds is 3. The van der Waals surface area contributed by atoms with Gasteiger partial charge in [0, 0.05) is 17.8 Å². The minimum Gasteiger partial charge on any atom is -0.381 e. The molecule has 0 spiro atoms. The monoisotopic (exact) mass is 233 g/mol. The number of anilines is 1. The van der Waals surface area contributed by atoms with E-state index in [0.29, 0.717) is 5.56 Å². The molecule has 0 aliphatic heterocycles. The maximum atomic E-state index is 13.3. The Morgan fingerprint density at radius 3 is 2.41 bits per heavy atom. The highest BCUT2D eigenvalue weighted by Gasteiger charge is 2.03. The van der Waals surface area contributed by atoms with Crippen LogP contribution in [0.5, 0.6) is 0 Å². The average molecular weight is 233 g/mol. The van der Waals surface area contributed by atoms with Crippen LogP contribution in [0.2, 0.25) is 0 Å². The van der Waals surface area contributed by atoms with Gasteiger partial charge in [0.2, 0.25) is 0 Å². The molecule has 0 aliphatic carbocycles. The second kappa shape index (κ2) is 4.95. The van der Waals surface area contributed by atoms with Crippen molar-refractivity contribution in [2.24, 2.45) is 0 Å². The summed E-state index contributed by atoms with van der Waals surface area (Å²) in [5.74, 6) is -0.821. The van der Waals surface area contributed by atoms with Crippen LogP contribution in [0.1, 0.15) is 11.1 Å². The summed E-state index contributed by atoms with van der Waals surface area (Å²) in [6.45, 7) is 2.27. The summed E-state index contributed by atoms with van der Waals surface area (Å²) in [6, 6.07) is 11.2. The average Bonchev–Trinajstić information content (AvgIpc) is 2.32. The molecule has 3 heteroatoms. The molecular formula is C14H13F2N. The van der Waals surface area contributed by atoms with Crippen LogP contribution in [0, 0.1) is 18.6 Å². The minimum absolute atomic E-state index is 0.270. The molecule has 2 rings (SSSR count). The molecule has 0 fully saturated rings. The van der Waals surface area contributed by atoms with Gasteiger partial charge < -0.3 is 5.32 Å². The van der Waals surface area contributed by atoms with Gasteiger partial charge in [0.1, 0.15) is 11.6 Å². The number of benzene rings is 2. The number of hydrogen-bond acceptors (Lipinski definition) is 1. The van der Waals surface area contributed by atoms with Crippen molar-refractivity contribution in [1.29, 1.82) is 0 Å². The number of halogens is 2. The van der Waals surface area contributed by atoms with Crippen molar-refractivity contribution in [3.8, 4) is 0 Å². The predicted molar refractivity (Wildman–Crippen MR) is 64.9 cm³/mol. The molecule has 17 heavy (non-hydrogen) atoms.